The van der Waals surface area contributed by atoms with Gasteiger partial charge in [0.15, 0.2) is 0 Å². The Labute approximate surface area is 191 Å². The summed E-state index contributed by atoms with van der Waals surface area (Å²) < 4.78 is -1.92. The van der Waals surface area contributed by atoms with Crippen molar-refractivity contribution in [3.05, 3.63) is 130 Å². The molecule has 4 heteroatoms. The van der Waals surface area contributed by atoms with Crippen molar-refractivity contribution in [2.45, 2.75) is 16.5 Å². The molecule has 4 aromatic carbocycles. The van der Waals surface area contributed by atoms with Gasteiger partial charge in [-0.2, -0.15) is 0 Å². The molecule has 0 unspecified atom stereocenters. The highest BCUT2D eigenvalue weighted by Crippen LogP contribution is 2.43. The zero-order valence-electron chi connectivity index (χ0n) is 16.6. The highest BCUT2D eigenvalue weighted by Gasteiger charge is 2.35. The number of benzene rings is 4. The molecule has 154 valence electrons. The molecule has 31 heavy (non-hydrogen) atoms. The number of alkyl halides is 2. The first kappa shape index (κ1) is 20.3. The van der Waals surface area contributed by atoms with E-state index in [4.69, 9.17) is 23.2 Å². The molecule has 0 amide bonds. The normalized spacial score (nSPS) is 13.0. The lowest BCUT2D eigenvalue weighted by molar-refractivity contribution is 0.125. The van der Waals surface area contributed by atoms with Gasteiger partial charge in [-0.05, 0) is 51.4 Å². The molecule has 0 fully saturated rings. The van der Waals surface area contributed by atoms with Gasteiger partial charge in [-0.1, -0.05) is 114 Å². The summed E-state index contributed by atoms with van der Waals surface area (Å²) in [4.78, 5) is 0. The minimum atomic E-state index is -1.92. The van der Waals surface area contributed by atoms with Gasteiger partial charge in [0.1, 0.15) is 5.60 Å². The van der Waals surface area contributed by atoms with Crippen molar-refractivity contribution in [1.29, 1.82) is 0 Å². The molecule has 0 heterocycles. The van der Waals surface area contributed by atoms with Crippen LogP contribution in [0.3, 0.4) is 0 Å². The van der Waals surface area contributed by atoms with E-state index in [0.717, 1.165) is 38.9 Å². The fourth-order valence-corrected chi connectivity index (χ4v) is 4.72. The molecule has 0 spiro atoms. The quantitative estimate of drug-likeness (QED) is 0.257. The summed E-state index contributed by atoms with van der Waals surface area (Å²) in [5, 5.41) is 22.0. The Morgan fingerprint density at radius 2 is 1.00 bits per heavy atom. The SMILES string of the molecule is OC(Cl)(Cl)c1ccc2c(c1)Cc1cc(C(O)(c3ccccc3)c3ccccc3)ccc1-2. The van der Waals surface area contributed by atoms with E-state index in [1.807, 2.05) is 78.9 Å². The maximum absolute atomic E-state index is 12.1. The van der Waals surface area contributed by atoms with Gasteiger partial charge in [0.25, 0.3) is 0 Å². The Morgan fingerprint density at radius 3 is 1.48 bits per heavy atom. The Kier molecular flexibility index (Phi) is 4.91. The molecule has 2 nitrogen and oxygen atoms in total. The molecule has 0 radical (unpaired) electrons. The molecular formula is C27H20Cl2O2. The van der Waals surface area contributed by atoms with Crippen LogP contribution in [-0.2, 0) is 16.5 Å². The van der Waals surface area contributed by atoms with E-state index in [1.54, 1.807) is 6.07 Å². The van der Waals surface area contributed by atoms with Crippen molar-refractivity contribution in [3.63, 3.8) is 0 Å². The smallest absolute Gasteiger partial charge is 0.241 e. The first-order chi connectivity index (χ1) is 14.9. The maximum atomic E-state index is 12.1. The minimum absolute atomic E-state index is 0.452. The summed E-state index contributed by atoms with van der Waals surface area (Å²) in [7, 11) is 0. The standard InChI is InChI=1S/C27H20Cl2O2/c28-27(29,31)23-12-14-25-19(17-23)15-18-16-22(11-13-24(18)25)26(30,20-7-3-1-4-8-20)21-9-5-2-6-10-21/h1-14,16-17,30-31H,15H2. The Morgan fingerprint density at radius 1 is 0.548 bits per heavy atom. The van der Waals surface area contributed by atoms with Crippen molar-refractivity contribution < 1.29 is 10.2 Å². The van der Waals surface area contributed by atoms with Gasteiger partial charge in [0.05, 0.1) is 0 Å². The lowest BCUT2D eigenvalue weighted by Gasteiger charge is -2.30. The zero-order valence-corrected chi connectivity index (χ0v) is 18.1. The lowest BCUT2D eigenvalue weighted by Crippen LogP contribution is -2.28. The molecule has 0 aliphatic heterocycles. The van der Waals surface area contributed by atoms with Crippen LogP contribution in [0.25, 0.3) is 11.1 Å². The summed E-state index contributed by atoms with van der Waals surface area (Å²) in [5.74, 6) is 0. The van der Waals surface area contributed by atoms with Crippen molar-refractivity contribution >= 4 is 23.2 Å². The van der Waals surface area contributed by atoms with Crippen LogP contribution in [0.4, 0.5) is 0 Å². The van der Waals surface area contributed by atoms with Crippen molar-refractivity contribution in [2.24, 2.45) is 0 Å². The lowest BCUT2D eigenvalue weighted by atomic mass is 9.79. The molecule has 0 aromatic heterocycles. The van der Waals surface area contributed by atoms with Gasteiger partial charge in [0.2, 0.25) is 4.52 Å². The molecule has 0 atom stereocenters. The van der Waals surface area contributed by atoms with Crippen LogP contribution in [0.2, 0.25) is 0 Å². The van der Waals surface area contributed by atoms with Crippen LogP contribution in [0.1, 0.15) is 33.4 Å². The number of halogens is 2. The second-order valence-corrected chi connectivity index (χ2v) is 9.19. The second kappa shape index (κ2) is 7.51. The summed E-state index contributed by atoms with van der Waals surface area (Å²) >= 11 is 11.8. The topological polar surface area (TPSA) is 40.5 Å². The number of hydrogen-bond acceptors (Lipinski definition) is 2. The minimum Gasteiger partial charge on any atom is -0.376 e. The summed E-state index contributed by atoms with van der Waals surface area (Å²) in [6.45, 7) is 0. The Bertz CT molecular complexity index is 1210. The third-order valence-electron chi connectivity index (χ3n) is 6.03. The first-order valence-electron chi connectivity index (χ1n) is 10.1. The van der Waals surface area contributed by atoms with Crippen LogP contribution < -0.4 is 0 Å². The number of rotatable bonds is 4. The molecule has 1 aliphatic carbocycles. The Balaban J connectivity index is 1.63. The monoisotopic (exact) mass is 446 g/mol. The van der Waals surface area contributed by atoms with Gasteiger partial charge < -0.3 is 10.2 Å². The van der Waals surface area contributed by atoms with Crippen LogP contribution in [-0.4, -0.2) is 10.2 Å². The van der Waals surface area contributed by atoms with Gasteiger partial charge in [-0.25, -0.2) is 0 Å². The molecule has 0 saturated carbocycles. The predicted octanol–water partition coefficient (Wildman–Crippen LogP) is 6.12. The van der Waals surface area contributed by atoms with E-state index in [-0.39, 0.29) is 0 Å². The predicted molar refractivity (Wildman–Crippen MR) is 125 cm³/mol. The maximum Gasteiger partial charge on any atom is 0.241 e. The van der Waals surface area contributed by atoms with Crippen LogP contribution >= 0.6 is 23.2 Å². The third kappa shape index (κ3) is 3.46. The summed E-state index contributed by atoms with van der Waals surface area (Å²) in [5.41, 5.74) is 5.98. The average Bonchev–Trinajstić information content (AvgIpc) is 3.16. The fourth-order valence-electron chi connectivity index (χ4n) is 4.48. The van der Waals surface area contributed by atoms with Gasteiger partial charge in [-0.3, -0.25) is 0 Å². The highest BCUT2D eigenvalue weighted by atomic mass is 35.5. The third-order valence-corrected chi connectivity index (χ3v) is 6.47. The Hall–Kier alpha value is -2.62. The number of hydrogen-bond donors (Lipinski definition) is 2. The number of aliphatic hydroxyl groups is 2. The molecular weight excluding hydrogens is 427 g/mol. The molecule has 4 aromatic rings. The zero-order chi connectivity index (χ0) is 21.6. The van der Waals surface area contributed by atoms with E-state index >= 15 is 0 Å². The first-order valence-corrected chi connectivity index (χ1v) is 10.8. The number of fused-ring (bicyclic) bond motifs is 3. The fraction of sp³-hybridized carbons (Fsp3) is 0.111. The van der Waals surface area contributed by atoms with Gasteiger partial charge in [-0.15, -0.1) is 0 Å². The van der Waals surface area contributed by atoms with Crippen molar-refractivity contribution in [3.8, 4) is 11.1 Å². The van der Waals surface area contributed by atoms with Crippen LogP contribution in [0.15, 0.2) is 97.1 Å². The molecule has 1 aliphatic rings. The van der Waals surface area contributed by atoms with E-state index in [2.05, 4.69) is 12.1 Å². The molecule has 0 saturated heterocycles. The summed E-state index contributed by atoms with van der Waals surface area (Å²) in [6.07, 6.45) is 0.676. The van der Waals surface area contributed by atoms with Gasteiger partial charge in [0, 0.05) is 5.56 Å². The average molecular weight is 447 g/mol. The highest BCUT2D eigenvalue weighted by molar-refractivity contribution is 6.46. The van der Waals surface area contributed by atoms with E-state index in [1.165, 1.54) is 0 Å². The largest absolute Gasteiger partial charge is 0.376 e. The van der Waals surface area contributed by atoms with E-state index in [9.17, 15) is 10.2 Å². The van der Waals surface area contributed by atoms with Crippen molar-refractivity contribution in [1.82, 2.24) is 0 Å². The van der Waals surface area contributed by atoms with Crippen LogP contribution in [0.5, 0.6) is 0 Å². The van der Waals surface area contributed by atoms with E-state index in [0.29, 0.717) is 12.0 Å². The van der Waals surface area contributed by atoms with E-state index < -0.39 is 10.1 Å². The van der Waals surface area contributed by atoms with Crippen LogP contribution in [0, 0.1) is 0 Å². The van der Waals surface area contributed by atoms with Gasteiger partial charge >= 0.3 is 0 Å². The summed E-state index contributed by atoms with van der Waals surface area (Å²) in [6, 6.07) is 31.1. The molecule has 0 bridgehead atoms. The second-order valence-electron chi connectivity index (χ2n) is 7.90. The molecule has 2 N–H and O–H groups in total. The van der Waals surface area contributed by atoms with Crippen molar-refractivity contribution in [2.75, 3.05) is 0 Å². The molecule has 5 rings (SSSR count).